The van der Waals surface area contributed by atoms with Crippen molar-refractivity contribution in [2.75, 3.05) is 19.5 Å². The standard InChI is InChI=1S/C22H20N4O4/c1-28-17-7-3-15(4-8-17)14-26-21(11-12-23-26)24-22(27)19-13-20(30-25-19)16-5-9-18(29-2)10-6-16/h3-13H,14H2,1-2H3,(H,24,27). The van der Waals surface area contributed by atoms with Gasteiger partial charge in [0.15, 0.2) is 11.5 Å². The Morgan fingerprint density at radius 3 is 2.33 bits per heavy atom. The number of hydrogen-bond donors (Lipinski definition) is 1. The second-order valence-corrected chi connectivity index (χ2v) is 6.48. The molecule has 0 fully saturated rings. The molecule has 2 aromatic carbocycles. The molecule has 0 unspecified atom stereocenters. The fourth-order valence-corrected chi connectivity index (χ4v) is 2.92. The van der Waals surface area contributed by atoms with E-state index in [1.54, 1.807) is 37.2 Å². The Hall–Kier alpha value is -4.07. The number of hydrogen-bond acceptors (Lipinski definition) is 6. The first-order valence-electron chi connectivity index (χ1n) is 9.23. The fraction of sp³-hybridized carbons (Fsp3) is 0.136. The summed E-state index contributed by atoms with van der Waals surface area (Å²) in [5.74, 6) is 2.20. The Morgan fingerprint density at radius 1 is 1.00 bits per heavy atom. The molecule has 30 heavy (non-hydrogen) atoms. The molecule has 8 nitrogen and oxygen atoms in total. The molecule has 0 spiro atoms. The van der Waals surface area contributed by atoms with E-state index in [1.807, 2.05) is 48.5 Å². The summed E-state index contributed by atoms with van der Waals surface area (Å²) in [7, 11) is 3.23. The molecule has 2 aromatic heterocycles. The van der Waals surface area contributed by atoms with Crippen molar-refractivity contribution in [1.82, 2.24) is 14.9 Å². The number of aromatic nitrogens is 3. The van der Waals surface area contributed by atoms with E-state index < -0.39 is 0 Å². The van der Waals surface area contributed by atoms with Crippen LogP contribution in [0.3, 0.4) is 0 Å². The third-order valence-electron chi connectivity index (χ3n) is 4.57. The Kier molecular flexibility index (Phi) is 5.47. The summed E-state index contributed by atoms with van der Waals surface area (Å²) in [5.41, 5.74) is 2.00. The minimum Gasteiger partial charge on any atom is -0.497 e. The summed E-state index contributed by atoms with van der Waals surface area (Å²) in [6, 6.07) is 18.3. The molecule has 2 heterocycles. The maximum Gasteiger partial charge on any atom is 0.279 e. The zero-order chi connectivity index (χ0) is 20.9. The van der Waals surface area contributed by atoms with Crippen molar-refractivity contribution >= 4 is 11.7 Å². The quantitative estimate of drug-likeness (QED) is 0.503. The van der Waals surface area contributed by atoms with Crippen molar-refractivity contribution in [1.29, 1.82) is 0 Å². The van der Waals surface area contributed by atoms with E-state index in [0.717, 1.165) is 22.6 Å². The molecule has 0 saturated heterocycles. The van der Waals surface area contributed by atoms with Crippen LogP contribution in [0.1, 0.15) is 16.1 Å². The molecule has 4 aromatic rings. The molecule has 152 valence electrons. The minimum absolute atomic E-state index is 0.179. The lowest BCUT2D eigenvalue weighted by Crippen LogP contribution is -2.16. The van der Waals surface area contributed by atoms with Gasteiger partial charge in [-0.15, -0.1) is 0 Å². The first kappa shape index (κ1) is 19.3. The third kappa shape index (κ3) is 4.17. The molecule has 0 aliphatic carbocycles. The van der Waals surface area contributed by atoms with E-state index >= 15 is 0 Å². The smallest absolute Gasteiger partial charge is 0.279 e. The Balaban J connectivity index is 1.45. The van der Waals surface area contributed by atoms with Gasteiger partial charge in [0, 0.05) is 17.7 Å². The van der Waals surface area contributed by atoms with Crippen LogP contribution in [0.5, 0.6) is 11.5 Å². The molecule has 4 rings (SSSR count). The van der Waals surface area contributed by atoms with Crippen molar-refractivity contribution in [3.05, 3.63) is 78.1 Å². The molecule has 0 bridgehead atoms. The van der Waals surface area contributed by atoms with Crippen LogP contribution in [-0.2, 0) is 6.54 Å². The number of carbonyl (C=O) groups excluding carboxylic acids is 1. The summed E-state index contributed by atoms with van der Waals surface area (Å²) in [5, 5.41) is 11.0. The molecular formula is C22H20N4O4. The Bertz CT molecular complexity index is 1130. The van der Waals surface area contributed by atoms with Gasteiger partial charge in [-0.05, 0) is 42.0 Å². The fourth-order valence-electron chi connectivity index (χ4n) is 2.92. The lowest BCUT2D eigenvalue weighted by atomic mass is 10.1. The normalized spacial score (nSPS) is 10.6. The predicted octanol–water partition coefficient (Wildman–Crippen LogP) is 3.86. The number of nitrogens with one attached hydrogen (secondary N) is 1. The van der Waals surface area contributed by atoms with Crippen molar-refractivity contribution < 1.29 is 18.8 Å². The van der Waals surface area contributed by atoms with Gasteiger partial charge in [0.2, 0.25) is 0 Å². The first-order chi connectivity index (χ1) is 14.7. The van der Waals surface area contributed by atoms with Crippen molar-refractivity contribution in [2.24, 2.45) is 0 Å². The number of rotatable bonds is 7. The highest BCUT2D eigenvalue weighted by atomic mass is 16.5. The highest BCUT2D eigenvalue weighted by Crippen LogP contribution is 2.23. The number of nitrogens with zero attached hydrogens (tertiary/aromatic N) is 3. The lowest BCUT2D eigenvalue weighted by Gasteiger charge is -2.08. The van der Waals surface area contributed by atoms with Crippen LogP contribution in [0.25, 0.3) is 11.3 Å². The van der Waals surface area contributed by atoms with E-state index in [-0.39, 0.29) is 11.6 Å². The molecular weight excluding hydrogens is 384 g/mol. The van der Waals surface area contributed by atoms with Gasteiger partial charge >= 0.3 is 0 Å². The topological polar surface area (TPSA) is 91.4 Å². The van der Waals surface area contributed by atoms with Crippen LogP contribution in [0.4, 0.5) is 5.82 Å². The van der Waals surface area contributed by atoms with Crippen LogP contribution < -0.4 is 14.8 Å². The molecule has 0 radical (unpaired) electrons. The largest absolute Gasteiger partial charge is 0.497 e. The van der Waals surface area contributed by atoms with Crippen LogP contribution >= 0.6 is 0 Å². The second kappa shape index (κ2) is 8.52. The van der Waals surface area contributed by atoms with Gasteiger partial charge < -0.3 is 19.3 Å². The van der Waals surface area contributed by atoms with Crippen molar-refractivity contribution in [3.8, 4) is 22.8 Å². The Labute approximate surface area is 173 Å². The number of amides is 1. The average molecular weight is 404 g/mol. The van der Waals surface area contributed by atoms with Gasteiger partial charge in [-0.25, -0.2) is 4.68 Å². The number of benzene rings is 2. The summed E-state index contributed by atoms with van der Waals surface area (Å²) in [6.45, 7) is 0.503. The number of ether oxygens (including phenoxy) is 2. The van der Waals surface area contributed by atoms with E-state index in [1.165, 1.54) is 0 Å². The molecule has 0 saturated carbocycles. The van der Waals surface area contributed by atoms with Gasteiger partial charge in [-0.1, -0.05) is 17.3 Å². The van der Waals surface area contributed by atoms with E-state index in [0.29, 0.717) is 18.1 Å². The number of methoxy groups -OCH3 is 2. The summed E-state index contributed by atoms with van der Waals surface area (Å²) < 4.78 is 17.3. The van der Waals surface area contributed by atoms with Crippen LogP contribution in [0.2, 0.25) is 0 Å². The van der Waals surface area contributed by atoms with Crippen LogP contribution in [-0.4, -0.2) is 35.1 Å². The van der Waals surface area contributed by atoms with Gasteiger partial charge in [0.05, 0.1) is 27.0 Å². The van der Waals surface area contributed by atoms with Gasteiger partial charge in [0.25, 0.3) is 5.91 Å². The van der Waals surface area contributed by atoms with E-state index in [4.69, 9.17) is 14.0 Å². The average Bonchev–Trinajstić information content (AvgIpc) is 3.44. The molecule has 8 heteroatoms. The molecule has 0 aliphatic heterocycles. The highest BCUT2D eigenvalue weighted by Gasteiger charge is 2.16. The Morgan fingerprint density at radius 2 is 1.67 bits per heavy atom. The lowest BCUT2D eigenvalue weighted by molar-refractivity contribution is 0.101. The summed E-state index contributed by atoms with van der Waals surface area (Å²) >= 11 is 0. The second-order valence-electron chi connectivity index (χ2n) is 6.48. The van der Waals surface area contributed by atoms with E-state index in [2.05, 4.69) is 15.6 Å². The highest BCUT2D eigenvalue weighted by molar-refractivity contribution is 6.02. The van der Waals surface area contributed by atoms with Gasteiger partial charge in [0.1, 0.15) is 17.3 Å². The van der Waals surface area contributed by atoms with Crippen molar-refractivity contribution in [2.45, 2.75) is 6.54 Å². The first-order valence-corrected chi connectivity index (χ1v) is 9.23. The van der Waals surface area contributed by atoms with Crippen molar-refractivity contribution in [3.63, 3.8) is 0 Å². The maximum atomic E-state index is 12.6. The van der Waals surface area contributed by atoms with Crippen LogP contribution in [0, 0.1) is 0 Å². The van der Waals surface area contributed by atoms with Gasteiger partial charge in [-0.2, -0.15) is 5.10 Å². The van der Waals surface area contributed by atoms with Gasteiger partial charge in [-0.3, -0.25) is 4.79 Å². The number of carbonyl (C=O) groups is 1. The zero-order valence-electron chi connectivity index (χ0n) is 16.5. The molecule has 0 aliphatic rings. The predicted molar refractivity (Wildman–Crippen MR) is 111 cm³/mol. The monoisotopic (exact) mass is 404 g/mol. The summed E-state index contributed by atoms with van der Waals surface area (Å²) in [4.78, 5) is 12.6. The minimum atomic E-state index is -0.380. The SMILES string of the molecule is COc1ccc(Cn2nccc2NC(=O)c2cc(-c3ccc(OC)cc3)on2)cc1. The number of anilines is 1. The van der Waals surface area contributed by atoms with Crippen LogP contribution in [0.15, 0.2) is 71.4 Å². The molecule has 0 atom stereocenters. The zero-order valence-corrected chi connectivity index (χ0v) is 16.5. The molecule has 1 N–H and O–H groups in total. The van der Waals surface area contributed by atoms with E-state index in [9.17, 15) is 4.79 Å². The molecule has 1 amide bonds. The summed E-state index contributed by atoms with van der Waals surface area (Å²) in [6.07, 6.45) is 1.63. The third-order valence-corrected chi connectivity index (χ3v) is 4.57. The maximum absolute atomic E-state index is 12.6.